The Labute approximate surface area is 119 Å². The molecule has 0 N–H and O–H groups in total. The second-order valence-electron chi connectivity index (χ2n) is 2.04. The van der Waals surface area contributed by atoms with Gasteiger partial charge in [0.1, 0.15) is 0 Å². The van der Waals surface area contributed by atoms with Crippen molar-refractivity contribution in [1.82, 2.24) is 4.90 Å². The topological polar surface area (TPSA) is 72.4 Å². The SMILES string of the molecule is C=CCN(CC=C)C(=S)[S-].[O-]B([O-])[O-].[SbH+4]. The van der Waals surface area contributed by atoms with Crippen molar-refractivity contribution in [3.05, 3.63) is 25.3 Å². The maximum atomic E-state index is 8.42. The molecule has 8 heteroatoms. The number of hydrogen-bond acceptors (Lipinski definition) is 5. The summed E-state index contributed by atoms with van der Waals surface area (Å²) in [6.07, 6.45) is 3.53. The molecule has 0 saturated heterocycles. The molecule has 0 unspecified atom stereocenters. The Morgan fingerprint density at radius 2 is 1.53 bits per heavy atom. The van der Waals surface area contributed by atoms with E-state index in [0.29, 0.717) is 17.4 Å². The zero-order valence-corrected chi connectivity index (χ0v) is 12.5. The first kappa shape index (κ1) is 20.7. The summed E-state index contributed by atoms with van der Waals surface area (Å²) in [7, 11) is -2.92. The number of hydrogen-bond donors (Lipinski definition) is 0. The van der Waals surface area contributed by atoms with Crippen LogP contribution < -0.4 is 15.1 Å². The molecule has 0 fully saturated rings. The average Bonchev–Trinajstić information content (AvgIpc) is 2.02. The molecule has 0 radical (unpaired) electrons. The Bertz CT molecular complexity index is 182. The quantitative estimate of drug-likeness (QED) is 0.231. The summed E-state index contributed by atoms with van der Waals surface area (Å²) in [5.41, 5.74) is 0. The van der Waals surface area contributed by atoms with Crippen molar-refractivity contribution in [2.24, 2.45) is 0 Å². The van der Waals surface area contributed by atoms with Crippen molar-refractivity contribution >= 4 is 60.9 Å². The van der Waals surface area contributed by atoms with E-state index in [1.54, 1.807) is 12.2 Å². The number of nitrogens with zero attached hydrogens (tertiary/aromatic N) is 1. The van der Waals surface area contributed by atoms with E-state index in [-0.39, 0.29) is 24.4 Å². The number of thiocarbonyl (C=S) groups is 1. The van der Waals surface area contributed by atoms with Crippen molar-refractivity contribution in [3.63, 3.8) is 0 Å². The molecule has 0 amide bonds. The van der Waals surface area contributed by atoms with Gasteiger partial charge in [0.2, 0.25) is 0 Å². The van der Waals surface area contributed by atoms with Crippen LogP contribution in [0, 0.1) is 0 Å². The fourth-order valence-corrected chi connectivity index (χ4v) is 0.833. The van der Waals surface area contributed by atoms with Crippen molar-refractivity contribution in [2.45, 2.75) is 0 Å². The van der Waals surface area contributed by atoms with Crippen molar-refractivity contribution in [1.29, 1.82) is 0 Å². The fraction of sp³-hybridized carbons (Fsp3) is 0.286. The van der Waals surface area contributed by atoms with E-state index >= 15 is 0 Å². The van der Waals surface area contributed by atoms with E-state index in [9.17, 15) is 0 Å². The first-order valence-electron chi connectivity index (χ1n) is 3.60. The fourth-order valence-electron chi connectivity index (χ4n) is 0.535. The van der Waals surface area contributed by atoms with Gasteiger partial charge in [-0.3, -0.25) is 7.32 Å². The van der Waals surface area contributed by atoms with Crippen LogP contribution >= 0.6 is 12.2 Å². The predicted octanol–water partition coefficient (Wildman–Crippen LogP) is -3.10. The average molecular weight is 354 g/mol. The van der Waals surface area contributed by atoms with Gasteiger partial charge in [0, 0.05) is 13.1 Å². The van der Waals surface area contributed by atoms with Gasteiger partial charge in [-0.2, -0.15) is 0 Å². The minimum absolute atomic E-state index is 0. The van der Waals surface area contributed by atoms with E-state index in [2.05, 4.69) is 13.2 Å². The van der Waals surface area contributed by atoms with Gasteiger partial charge in [-0.25, -0.2) is 0 Å². The minimum atomic E-state index is -2.92. The molecule has 4 nitrogen and oxygen atoms in total. The standard InChI is InChI=1S/C7H11NS2.BO3.Sb.H/c1-3-5-8(6-4-2)7(9)10;2-1(3)4;;/h3-4H,1-2,5-6H2,(H,9,10);;;/q;-3;+4;/p-1. The zero-order valence-electron chi connectivity index (χ0n) is 8.05. The Morgan fingerprint density at radius 3 is 1.67 bits per heavy atom. The summed E-state index contributed by atoms with van der Waals surface area (Å²) in [5, 5.41) is 25.2. The van der Waals surface area contributed by atoms with Gasteiger partial charge in [-0.05, 0) is 0 Å². The van der Waals surface area contributed by atoms with Crippen LogP contribution in [0.4, 0.5) is 0 Å². The third kappa shape index (κ3) is 20.4. The Balaban J connectivity index is -0.000000249. The molecular weight excluding hydrogens is 343 g/mol. The summed E-state index contributed by atoms with van der Waals surface area (Å²) in [6, 6.07) is 0. The third-order valence-electron chi connectivity index (χ3n) is 0.957. The molecule has 0 rings (SSSR count). The molecule has 0 spiro atoms. The molecule has 0 saturated carbocycles. The molecule has 0 atom stereocenters. The second-order valence-corrected chi connectivity index (χ2v) is 3.07. The summed E-state index contributed by atoms with van der Waals surface area (Å²) < 4.78 is 0.472. The van der Waals surface area contributed by atoms with Crippen LogP contribution in [0.5, 0.6) is 0 Å². The van der Waals surface area contributed by atoms with Crippen molar-refractivity contribution in [2.75, 3.05) is 13.1 Å². The zero-order chi connectivity index (χ0) is 11.6. The molecule has 0 aliphatic rings. The van der Waals surface area contributed by atoms with Crippen LogP contribution in [0.3, 0.4) is 0 Å². The molecule has 0 heterocycles. The first-order valence-corrected chi connectivity index (χ1v) is 4.42. The van der Waals surface area contributed by atoms with E-state index in [1.165, 1.54) is 0 Å². The Kier molecular flexibility index (Phi) is 19.8. The van der Waals surface area contributed by atoms with Crippen molar-refractivity contribution in [3.8, 4) is 0 Å². The van der Waals surface area contributed by atoms with Gasteiger partial charge >= 0.3 is 24.4 Å². The molecule has 0 aromatic carbocycles. The Morgan fingerprint density at radius 1 is 1.27 bits per heavy atom. The Hall–Kier alpha value is 0.353. The third-order valence-corrected chi connectivity index (χ3v) is 1.47. The van der Waals surface area contributed by atoms with E-state index in [1.807, 2.05) is 4.90 Å². The molecule has 0 bridgehead atoms. The summed E-state index contributed by atoms with van der Waals surface area (Å²) in [6.45, 7) is 8.57. The molecule has 0 aromatic rings. The van der Waals surface area contributed by atoms with Gasteiger partial charge in [-0.15, -0.1) is 13.2 Å². The number of rotatable bonds is 4. The normalized spacial score (nSPS) is 7.40. The van der Waals surface area contributed by atoms with E-state index < -0.39 is 7.32 Å². The summed E-state index contributed by atoms with van der Waals surface area (Å²) in [4.78, 5) is 1.84. The van der Waals surface area contributed by atoms with Crippen LogP contribution in [0.15, 0.2) is 25.3 Å². The van der Waals surface area contributed by atoms with Crippen LogP contribution in [0.2, 0.25) is 0 Å². The second kappa shape index (κ2) is 14.4. The molecule has 15 heavy (non-hydrogen) atoms. The van der Waals surface area contributed by atoms with Gasteiger partial charge in [0.15, 0.2) is 0 Å². The predicted molar refractivity (Wildman–Crippen MR) is 64.8 cm³/mol. The van der Waals surface area contributed by atoms with E-state index in [4.69, 9.17) is 39.9 Å². The van der Waals surface area contributed by atoms with Gasteiger partial charge < -0.3 is 44.8 Å². The van der Waals surface area contributed by atoms with Crippen LogP contribution in [-0.4, -0.2) is 54.1 Å². The molecule has 0 aliphatic heterocycles. The molecular formula is C7H11BNO3S2Sb. The van der Waals surface area contributed by atoms with E-state index in [0.717, 1.165) is 0 Å². The van der Waals surface area contributed by atoms with Crippen LogP contribution in [0.1, 0.15) is 0 Å². The monoisotopic (exact) mass is 353 g/mol. The van der Waals surface area contributed by atoms with Gasteiger partial charge in [0.05, 0.1) is 0 Å². The molecule has 82 valence electrons. The van der Waals surface area contributed by atoms with Crippen molar-refractivity contribution < 1.29 is 15.1 Å². The van der Waals surface area contributed by atoms with Crippen LogP contribution in [0.25, 0.3) is 0 Å². The molecule has 0 aromatic heterocycles. The summed E-state index contributed by atoms with van der Waals surface area (Å²) in [5.74, 6) is 0. The van der Waals surface area contributed by atoms with Gasteiger partial charge in [-0.1, -0.05) is 16.5 Å². The van der Waals surface area contributed by atoms with Gasteiger partial charge in [0.25, 0.3) is 0 Å². The first-order chi connectivity index (χ1) is 6.45. The summed E-state index contributed by atoms with van der Waals surface area (Å²) >= 11 is 9.59. The molecule has 0 aliphatic carbocycles. The maximum absolute atomic E-state index is 8.42. The van der Waals surface area contributed by atoms with Crippen LogP contribution in [-0.2, 0) is 12.6 Å².